The van der Waals surface area contributed by atoms with Crippen LogP contribution in [-0.4, -0.2) is 41.0 Å². The van der Waals surface area contributed by atoms with Gasteiger partial charge in [-0.25, -0.2) is 14.8 Å². The standard InChI is InChI=1S/C17H21N5O2/c1-12(2)22-17(24)21-8-7-20-16(23)14-5-3-13(4-6-14)15-9-18-11-19-10-15/h3-6,9-12H,7-8H2,1-2H3,(H,20,23)(H2,21,22,24). The quantitative estimate of drug-likeness (QED) is 0.702. The summed E-state index contributed by atoms with van der Waals surface area (Å²) in [6, 6.07) is 7.03. The van der Waals surface area contributed by atoms with Crippen LogP contribution < -0.4 is 16.0 Å². The lowest BCUT2D eigenvalue weighted by Crippen LogP contribution is -2.42. The molecule has 0 fully saturated rings. The Labute approximate surface area is 140 Å². The van der Waals surface area contributed by atoms with Gasteiger partial charge in [0.05, 0.1) is 0 Å². The molecule has 0 aliphatic carbocycles. The van der Waals surface area contributed by atoms with Crippen LogP contribution in [0.5, 0.6) is 0 Å². The van der Waals surface area contributed by atoms with Crippen molar-refractivity contribution < 1.29 is 9.59 Å². The molecule has 3 N–H and O–H groups in total. The van der Waals surface area contributed by atoms with Crippen LogP contribution >= 0.6 is 0 Å². The van der Waals surface area contributed by atoms with Crippen molar-refractivity contribution in [2.75, 3.05) is 13.1 Å². The number of hydrogen-bond donors (Lipinski definition) is 3. The Morgan fingerprint density at radius 1 is 0.958 bits per heavy atom. The Bertz CT molecular complexity index is 671. The second-order valence-corrected chi connectivity index (χ2v) is 5.52. The third-order valence-corrected chi connectivity index (χ3v) is 3.16. The molecule has 0 aliphatic rings. The summed E-state index contributed by atoms with van der Waals surface area (Å²) in [6.45, 7) is 4.49. The van der Waals surface area contributed by atoms with Crippen LogP contribution in [0.15, 0.2) is 43.0 Å². The topological polar surface area (TPSA) is 96.0 Å². The first-order valence-corrected chi connectivity index (χ1v) is 7.74. The highest BCUT2D eigenvalue weighted by atomic mass is 16.2. The maximum atomic E-state index is 12.1. The zero-order valence-corrected chi connectivity index (χ0v) is 13.7. The molecule has 1 aromatic heterocycles. The molecule has 7 nitrogen and oxygen atoms in total. The SMILES string of the molecule is CC(C)NC(=O)NCCNC(=O)c1ccc(-c2cncnc2)cc1. The van der Waals surface area contributed by atoms with Crippen molar-refractivity contribution in [3.05, 3.63) is 48.5 Å². The van der Waals surface area contributed by atoms with E-state index in [4.69, 9.17) is 0 Å². The first-order valence-electron chi connectivity index (χ1n) is 7.74. The van der Waals surface area contributed by atoms with E-state index in [1.165, 1.54) is 6.33 Å². The lowest BCUT2D eigenvalue weighted by Gasteiger charge is -2.10. The minimum atomic E-state index is -0.242. The number of carbonyl (C=O) groups is 2. The van der Waals surface area contributed by atoms with Crippen molar-refractivity contribution >= 4 is 11.9 Å². The van der Waals surface area contributed by atoms with Gasteiger partial charge in [-0.3, -0.25) is 4.79 Å². The average Bonchev–Trinajstić information content (AvgIpc) is 2.59. The fourth-order valence-corrected chi connectivity index (χ4v) is 2.03. The molecular formula is C17H21N5O2. The number of urea groups is 1. The van der Waals surface area contributed by atoms with Gasteiger partial charge >= 0.3 is 6.03 Å². The maximum absolute atomic E-state index is 12.1. The summed E-state index contributed by atoms with van der Waals surface area (Å²) in [5.41, 5.74) is 2.39. The molecule has 1 heterocycles. The summed E-state index contributed by atoms with van der Waals surface area (Å²) in [5.74, 6) is -0.183. The molecule has 7 heteroatoms. The highest BCUT2D eigenvalue weighted by molar-refractivity contribution is 5.94. The lowest BCUT2D eigenvalue weighted by atomic mass is 10.1. The predicted molar refractivity (Wildman–Crippen MR) is 91.5 cm³/mol. The Morgan fingerprint density at radius 3 is 2.21 bits per heavy atom. The number of nitrogens with zero attached hydrogens (tertiary/aromatic N) is 2. The van der Waals surface area contributed by atoms with Gasteiger partial charge in [-0.2, -0.15) is 0 Å². The van der Waals surface area contributed by atoms with Gasteiger partial charge in [0.2, 0.25) is 0 Å². The summed E-state index contributed by atoms with van der Waals surface area (Å²) in [6.07, 6.45) is 4.91. The number of nitrogens with one attached hydrogen (secondary N) is 3. The lowest BCUT2D eigenvalue weighted by molar-refractivity contribution is 0.0954. The van der Waals surface area contributed by atoms with Gasteiger partial charge in [0.15, 0.2) is 0 Å². The molecule has 2 aromatic rings. The maximum Gasteiger partial charge on any atom is 0.315 e. The summed E-state index contributed by atoms with van der Waals surface area (Å²) in [7, 11) is 0. The molecule has 0 unspecified atom stereocenters. The summed E-state index contributed by atoms with van der Waals surface area (Å²) >= 11 is 0. The Kier molecular flexibility index (Phi) is 6.24. The van der Waals surface area contributed by atoms with Crippen LogP contribution in [0.25, 0.3) is 11.1 Å². The molecule has 0 bridgehead atoms. The van der Waals surface area contributed by atoms with Crippen molar-refractivity contribution in [2.45, 2.75) is 19.9 Å². The van der Waals surface area contributed by atoms with Crippen molar-refractivity contribution in [3.63, 3.8) is 0 Å². The fraction of sp³-hybridized carbons (Fsp3) is 0.294. The molecule has 3 amide bonds. The second kappa shape index (κ2) is 8.61. The number of amides is 3. The predicted octanol–water partition coefficient (Wildman–Crippen LogP) is 1.58. The molecule has 0 saturated carbocycles. The third kappa shape index (κ3) is 5.35. The van der Waals surface area contributed by atoms with E-state index in [2.05, 4.69) is 25.9 Å². The molecule has 0 radical (unpaired) electrons. The number of hydrogen-bond acceptors (Lipinski definition) is 4. The van der Waals surface area contributed by atoms with Gasteiger partial charge < -0.3 is 16.0 Å². The van der Waals surface area contributed by atoms with Crippen molar-refractivity contribution in [2.24, 2.45) is 0 Å². The molecule has 1 aromatic carbocycles. The molecule has 24 heavy (non-hydrogen) atoms. The van der Waals surface area contributed by atoms with Gasteiger partial charge in [0.1, 0.15) is 6.33 Å². The van der Waals surface area contributed by atoms with E-state index in [1.54, 1.807) is 24.5 Å². The van der Waals surface area contributed by atoms with E-state index in [1.807, 2.05) is 26.0 Å². The van der Waals surface area contributed by atoms with Crippen LogP contribution in [0.2, 0.25) is 0 Å². The van der Waals surface area contributed by atoms with Crippen molar-refractivity contribution in [1.82, 2.24) is 25.9 Å². The first kappa shape index (κ1) is 17.4. The Morgan fingerprint density at radius 2 is 1.58 bits per heavy atom. The number of rotatable bonds is 6. The molecular weight excluding hydrogens is 306 g/mol. The van der Waals surface area contributed by atoms with Crippen molar-refractivity contribution in [1.29, 1.82) is 0 Å². The fourth-order valence-electron chi connectivity index (χ4n) is 2.03. The summed E-state index contributed by atoms with van der Waals surface area (Å²) < 4.78 is 0. The zero-order valence-electron chi connectivity index (χ0n) is 13.7. The monoisotopic (exact) mass is 327 g/mol. The number of carbonyl (C=O) groups excluding carboxylic acids is 2. The second-order valence-electron chi connectivity index (χ2n) is 5.52. The third-order valence-electron chi connectivity index (χ3n) is 3.16. The highest BCUT2D eigenvalue weighted by Gasteiger charge is 2.06. The van der Waals surface area contributed by atoms with Gasteiger partial charge in [-0.05, 0) is 31.5 Å². The Balaban J connectivity index is 1.80. The Hall–Kier alpha value is -2.96. The van der Waals surface area contributed by atoms with E-state index in [-0.39, 0.29) is 18.0 Å². The van der Waals surface area contributed by atoms with E-state index in [0.717, 1.165) is 11.1 Å². The average molecular weight is 327 g/mol. The van der Waals surface area contributed by atoms with Gasteiger partial charge in [-0.1, -0.05) is 12.1 Å². The molecule has 0 spiro atoms. The number of benzene rings is 1. The largest absolute Gasteiger partial charge is 0.350 e. The van der Waals surface area contributed by atoms with E-state index >= 15 is 0 Å². The van der Waals surface area contributed by atoms with Crippen LogP contribution in [0, 0.1) is 0 Å². The normalized spacial score (nSPS) is 10.3. The number of aromatic nitrogens is 2. The molecule has 0 saturated heterocycles. The van der Waals surface area contributed by atoms with Crippen LogP contribution in [0.4, 0.5) is 4.79 Å². The van der Waals surface area contributed by atoms with Gasteiger partial charge in [0, 0.05) is 42.7 Å². The smallest absolute Gasteiger partial charge is 0.315 e. The van der Waals surface area contributed by atoms with Crippen LogP contribution in [-0.2, 0) is 0 Å². The first-order chi connectivity index (χ1) is 11.6. The molecule has 126 valence electrons. The van der Waals surface area contributed by atoms with Crippen molar-refractivity contribution in [3.8, 4) is 11.1 Å². The van der Waals surface area contributed by atoms with E-state index in [9.17, 15) is 9.59 Å². The molecule has 2 rings (SSSR count). The zero-order chi connectivity index (χ0) is 17.4. The summed E-state index contributed by atoms with van der Waals surface area (Å²) in [4.78, 5) is 31.4. The van der Waals surface area contributed by atoms with E-state index < -0.39 is 0 Å². The minimum Gasteiger partial charge on any atom is -0.350 e. The van der Waals surface area contributed by atoms with Gasteiger partial charge in [-0.15, -0.1) is 0 Å². The van der Waals surface area contributed by atoms with Crippen LogP contribution in [0.3, 0.4) is 0 Å². The molecule has 0 atom stereocenters. The van der Waals surface area contributed by atoms with E-state index in [0.29, 0.717) is 18.7 Å². The van der Waals surface area contributed by atoms with Gasteiger partial charge in [0.25, 0.3) is 5.91 Å². The van der Waals surface area contributed by atoms with Crippen LogP contribution in [0.1, 0.15) is 24.2 Å². The highest BCUT2D eigenvalue weighted by Crippen LogP contribution is 2.17. The minimum absolute atomic E-state index is 0.0770. The summed E-state index contributed by atoms with van der Waals surface area (Å²) in [5, 5.41) is 8.14. The molecule has 0 aliphatic heterocycles.